The number of nitrogens with one attached hydrogen (secondary N) is 1. The normalized spacial score (nSPS) is 9.69. The average Bonchev–Trinajstić information content (AvgIpc) is 2.08. The summed E-state index contributed by atoms with van der Waals surface area (Å²) >= 11 is 5.56. The van der Waals surface area contributed by atoms with Crippen molar-refractivity contribution in [2.24, 2.45) is 0 Å². The summed E-state index contributed by atoms with van der Waals surface area (Å²) in [5.74, 6) is 0. The van der Waals surface area contributed by atoms with Crippen molar-refractivity contribution in [1.82, 2.24) is 0 Å². The lowest BCUT2D eigenvalue weighted by Crippen LogP contribution is -2.00. The summed E-state index contributed by atoms with van der Waals surface area (Å²) in [6.07, 6.45) is 0. The molecule has 0 fully saturated rings. The zero-order valence-corrected chi connectivity index (χ0v) is 7.28. The average molecular weight is 203 g/mol. The van der Waals surface area contributed by atoms with Crippen LogP contribution in [-0.2, 0) is 0 Å². The van der Waals surface area contributed by atoms with Crippen LogP contribution in [0.25, 0.3) is 0 Å². The van der Waals surface area contributed by atoms with Crippen LogP contribution in [0.2, 0.25) is 5.02 Å². The van der Waals surface area contributed by atoms with E-state index in [0.717, 1.165) is 0 Å². The minimum atomic E-state index is -0.578. The molecule has 0 bridgehead atoms. The Hall–Kier alpha value is -1.33. The lowest BCUT2D eigenvalue weighted by atomic mass is 10.3. The van der Waals surface area contributed by atoms with Crippen molar-refractivity contribution >= 4 is 23.0 Å². The zero-order valence-electron chi connectivity index (χ0n) is 6.53. The number of anilines is 1. The highest BCUT2D eigenvalue weighted by Gasteiger charge is 2.11. The van der Waals surface area contributed by atoms with E-state index in [1.54, 1.807) is 6.07 Å². The highest BCUT2D eigenvalue weighted by molar-refractivity contribution is 6.32. The summed E-state index contributed by atoms with van der Waals surface area (Å²) in [7, 11) is 0. The number of nitro benzene ring substituents is 1. The van der Waals surface area contributed by atoms with E-state index in [1.165, 1.54) is 12.1 Å². The number of hydrogen-bond donors (Lipinski definition) is 2. The predicted octanol–water partition coefficient (Wildman–Crippen LogP) is 1.61. The van der Waals surface area contributed by atoms with Gasteiger partial charge >= 0.3 is 0 Å². The Balaban J connectivity index is 3.04. The summed E-state index contributed by atoms with van der Waals surface area (Å²) < 4.78 is 0. The van der Waals surface area contributed by atoms with Crippen LogP contribution in [0, 0.1) is 10.1 Å². The van der Waals surface area contributed by atoms with Crippen molar-refractivity contribution in [3.8, 4) is 0 Å². The molecule has 0 amide bonds. The smallest absolute Gasteiger partial charge is 0.289 e. The predicted molar refractivity (Wildman–Crippen MR) is 48.8 cm³/mol. The molecule has 1 aromatic rings. The molecule has 0 radical (unpaired) electrons. The van der Waals surface area contributed by atoms with Crippen LogP contribution in [0.3, 0.4) is 0 Å². The van der Waals surface area contributed by atoms with E-state index >= 15 is 0 Å². The van der Waals surface area contributed by atoms with E-state index in [1.807, 2.05) is 0 Å². The second kappa shape index (κ2) is 4.06. The molecule has 13 heavy (non-hydrogen) atoms. The number of halogens is 1. The largest absolute Gasteiger partial charge is 0.377 e. The monoisotopic (exact) mass is 202 g/mol. The maximum absolute atomic E-state index is 10.4. The standard InChI is InChI=1S/C7H7ClN2O3/c8-6-2-1-5(9-4-11)3-7(6)10(12)13/h1-3,9,11H,4H2. The highest BCUT2D eigenvalue weighted by Crippen LogP contribution is 2.26. The van der Waals surface area contributed by atoms with Crippen molar-refractivity contribution < 1.29 is 10.0 Å². The number of benzene rings is 1. The molecule has 1 aromatic carbocycles. The molecule has 0 unspecified atom stereocenters. The third-order valence-electron chi connectivity index (χ3n) is 1.43. The van der Waals surface area contributed by atoms with Gasteiger partial charge in [0.25, 0.3) is 5.69 Å². The SMILES string of the molecule is O=[N+]([O-])c1cc(NCO)ccc1Cl. The first-order valence-electron chi connectivity index (χ1n) is 3.44. The fraction of sp³-hybridized carbons (Fsp3) is 0.143. The molecule has 0 heterocycles. The molecule has 0 aromatic heterocycles. The third kappa shape index (κ3) is 2.30. The molecule has 0 spiro atoms. The van der Waals surface area contributed by atoms with Crippen molar-refractivity contribution in [2.75, 3.05) is 12.0 Å². The molecule has 2 N–H and O–H groups in total. The van der Waals surface area contributed by atoms with Gasteiger partial charge in [-0.15, -0.1) is 0 Å². The molecule has 0 aliphatic rings. The van der Waals surface area contributed by atoms with Gasteiger partial charge in [0.2, 0.25) is 0 Å². The summed E-state index contributed by atoms with van der Waals surface area (Å²) in [6, 6.07) is 4.21. The van der Waals surface area contributed by atoms with Gasteiger partial charge < -0.3 is 10.4 Å². The van der Waals surface area contributed by atoms with Gasteiger partial charge in [-0.1, -0.05) is 11.6 Å². The highest BCUT2D eigenvalue weighted by atomic mass is 35.5. The minimum Gasteiger partial charge on any atom is -0.377 e. The van der Waals surface area contributed by atoms with E-state index in [-0.39, 0.29) is 17.4 Å². The van der Waals surface area contributed by atoms with Crippen LogP contribution in [0.1, 0.15) is 0 Å². The van der Waals surface area contributed by atoms with E-state index < -0.39 is 4.92 Å². The number of nitrogens with zero attached hydrogens (tertiary/aromatic N) is 1. The Morgan fingerprint density at radius 2 is 2.31 bits per heavy atom. The maximum atomic E-state index is 10.4. The molecular weight excluding hydrogens is 196 g/mol. The Labute approximate surface area is 79.1 Å². The van der Waals surface area contributed by atoms with Gasteiger partial charge in [0, 0.05) is 11.8 Å². The maximum Gasteiger partial charge on any atom is 0.289 e. The molecule has 0 saturated heterocycles. The molecular formula is C7H7ClN2O3. The summed E-state index contributed by atoms with van der Waals surface area (Å²) in [5.41, 5.74) is 0.277. The molecule has 0 atom stereocenters. The van der Waals surface area contributed by atoms with E-state index in [0.29, 0.717) is 5.69 Å². The quantitative estimate of drug-likeness (QED) is 0.444. The topological polar surface area (TPSA) is 75.4 Å². The molecule has 0 aliphatic heterocycles. The number of rotatable bonds is 3. The van der Waals surface area contributed by atoms with Crippen molar-refractivity contribution in [2.45, 2.75) is 0 Å². The number of hydrogen-bond acceptors (Lipinski definition) is 4. The fourth-order valence-electron chi connectivity index (χ4n) is 0.854. The second-order valence-electron chi connectivity index (χ2n) is 2.26. The summed E-state index contributed by atoms with van der Waals surface area (Å²) in [6.45, 7) is -0.279. The Bertz CT molecular complexity index is 330. The van der Waals surface area contributed by atoms with Crippen molar-refractivity contribution in [3.05, 3.63) is 33.3 Å². The van der Waals surface area contributed by atoms with E-state index in [4.69, 9.17) is 16.7 Å². The van der Waals surface area contributed by atoms with Gasteiger partial charge in [0.15, 0.2) is 0 Å². The van der Waals surface area contributed by atoms with Gasteiger partial charge in [-0.3, -0.25) is 10.1 Å². The van der Waals surface area contributed by atoms with Crippen molar-refractivity contribution in [1.29, 1.82) is 0 Å². The first-order valence-corrected chi connectivity index (χ1v) is 3.81. The molecule has 5 nitrogen and oxygen atoms in total. The van der Waals surface area contributed by atoms with Crippen molar-refractivity contribution in [3.63, 3.8) is 0 Å². The summed E-state index contributed by atoms with van der Waals surface area (Å²) in [5, 5.41) is 21.5. The number of aliphatic hydroxyl groups is 1. The minimum absolute atomic E-state index is 0.0773. The van der Waals surface area contributed by atoms with Crippen LogP contribution in [0.4, 0.5) is 11.4 Å². The summed E-state index contributed by atoms with van der Waals surface area (Å²) in [4.78, 5) is 9.83. The molecule has 6 heteroatoms. The van der Waals surface area contributed by atoms with Crippen LogP contribution in [-0.4, -0.2) is 16.8 Å². The second-order valence-corrected chi connectivity index (χ2v) is 2.67. The number of aliphatic hydroxyl groups excluding tert-OH is 1. The Morgan fingerprint density at radius 3 is 2.85 bits per heavy atom. The lowest BCUT2D eigenvalue weighted by molar-refractivity contribution is -0.384. The van der Waals surface area contributed by atoms with Crippen LogP contribution in [0.15, 0.2) is 18.2 Å². The van der Waals surface area contributed by atoms with Gasteiger partial charge in [-0.05, 0) is 12.1 Å². The first-order chi connectivity index (χ1) is 6.15. The molecule has 0 saturated carbocycles. The lowest BCUT2D eigenvalue weighted by Gasteiger charge is -2.02. The Morgan fingerprint density at radius 1 is 1.62 bits per heavy atom. The molecule has 0 aliphatic carbocycles. The van der Waals surface area contributed by atoms with E-state index in [9.17, 15) is 10.1 Å². The number of nitro groups is 1. The van der Waals surface area contributed by atoms with Gasteiger partial charge in [0.1, 0.15) is 11.8 Å². The third-order valence-corrected chi connectivity index (χ3v) is 1.75. The van der Waals surface area contributed by atoms with Crippen LogP contribution < -0.4 is 5.32 Å². The van der Waals surface area contributed by atoms with Gasteiger partial charge in [0.05, 0.1) is 4.92 Å². The van der Waals surface area contributed by atoms with Crippen LogP contribution in [0.5, 0.6) is 0 Å². The molecule has 1 rings (SSSR count). The van der Waals surface area contributed by atoms with E-state index in [2.05, 4.69) is 5.32 Å². The van der Waals surface area contributed by atoms with Crippen LogP contribution >= 0.6 is 11.6 Å². The van der Waals surface area contributed by atoms with Gasteiger partial charge in [-0.25, -0.2) is 0 Å². The Kier molecular flexibility index (Phi) is 3.05. The molecule has 70 valence electrons. The fourth-order valence-corrected chi connectivity index (χ4v) is 1.04. The zero-order chi connectivity index (χ0) is 9.84. The first kappa shape index (κ1) is 9.76. The van der Waals surface area contributed by atoms with Gasteiger partial charge in [-0.2, -0.15) is 0 Å².